The molecule has 1 aromatic heterocycles. The Morgan fingerprint density at radius 3 is 2.32 bits per heavy atom. The van der Waals surface area contributed by atoms with E-state index in [0.717, 1.165) is 39.3 Å². The lowest BCUT2D eigenvalue weighted by Crippen LogP contribution is -2.48. The molecule has 0 bridgehead atoms. The van der Waals surface area contributed by atoms with E-state index < -0.39 is 0 Å². The average Bonchev–Trinajstić information content (AvgIpc) is 2.42. The van der Waals surface area contributed by atoms with Crippen LogP contribution in [0.4, 0.5) is 5.69 Å². The Morgan fingerprint density at radius 1 is 1.05 bits per heavy atom. The normalized spacial score (nSPS) is 17.7. The molecular weight excluding hydrogens is 244 g/mol. The summed E-state index contributed by atoms with van der Waals surface area (Å²) >= 11 is 0. The highest BCUT2D eigenvalue weighted by atomic mass is 16.3. The van der Waals surface area contributed by atoms with Crippen molar-refractivity contribution in [1.82, 2.24) is 14.4 Å². The fraction of sp³-hybridized carbons (Fsp3) is 0.615. The van der Waals surface area contributed by atoms with Crippen molar-refractivity contribution in [2.24, 2.45) is 0 Å². The van der Waals surface area contributed by atoms with E-state index in [1.807, 2.05) is 0 Å². The third-order valence-corrected chi connectivity index (χ3v) is 3.54. The van der Waals surface area contributed by atoms with Gasteiger partial charge in [0.25, 0.3) is 5.56 Å². The van der Waals surface area contributed by atoms with E-state index in [-0.39, 0.29) is 12.2 Å². The number of nitrogens with zero attached hydrogens (tertiary/aromatic N) is 3. The number of piperazine rings is 1. The first-order chi connectivity index (χ1) is 9.19. The lowest BCUT2D eigenvalue weighted by atomic mass is 10.3. The Hall–Kier alpha value is -1.37. The smallest absolute Gasteiger partial charge is 0.250 e. The molecule has 1 aliphatic heterocycles. The van der Waals surface area contributed by atoms with Crippen molar-refractivity contribution < 1.29 is 5.11 Å². The number of aliphatic hydroxyl groups is 1. The standard InChI is InChI=1S/C13H22N4O2/c14-12-1-2-13(19)17(11-12)8-7-15-3-5-16(6-4-15)9-10-18/h1-2,11,18H,3-10,14H2. The second-order valence-corrected chi connectivity index (χ2v) is 4.90. The molecule has 1 fully saturated rings. The van der Waals surface area contributed by atoms with Crippen molar-refractivity contribution in [3.05, 3.63) is 28.7 Å². The van der Waals surface area contributed by atoms with Crippen LogP contribution in [0.1, 0.15) is 0 Å². The molecule has 0 spiro atoms. The highest BCUT2D eigenvalue weighted by Gasteiger charge is 2.15. The second-order valence-electron chi connectivity index (χ2n) is 4.90. The zero-order valence-corrected chi connectivity index (χ0v) is 11.2. The summed E-state index contributed by atoms with van der Waals surface area (Å²) in [7, 11) is 0. The molecule has 1 aromatic rings. The quantitative estimate of drug-likeness (QED) is 0.718. The van der Waals surface area contributed by atoms with Crippen LogP contribution < -0.4 is 11.3 Å². The zero-order valence-electron chi connectivity index (χ0n) is 11.2. The molecule has 0 unspecified atom stereocenters. The Bertz CT molecular complexity index is 452. The van der Waals surface area contributed by atoms with Gasteiger partial charge in [0.05, 0.1) is 6.61 Å². The summed E-state index contributed by atoms with van der Waals surface area (Å²) in [6.45, 7) is 6.42. The maximum atomic E-state index is 11.6. The van der Waals surface area contributed by atoms with Crippen molar-refractivity contribution in [2.45, 2.75) is 6.54 Å². The Labute approximate surface area is 113 Å². The van der Waals surface area contributed by atoms with E-state index in [4.69, 9.17) is 10.8 Å². The fourth-order valence-electron chi connectivity index (χ4n) is 2.35. The molecule has 1 aliphatic rings. The van der Waals surface area contributed by atoms with Crippen molar-refractivity contribution in [3.63, 3.8) is 0 Å². The number of β-amino-alcohol motifs (C(OH)–C–C–N with tert-alkyl or cyclic N) is 1. The van der Waals surface area contributed by atoms with Crippen LogP contribution in [-0.2, 0) is 6.54 Å². The van der Waals surface area contributed by atoms with Gasteiger partial charge in [-0.25, -0.2) is 0 Å². The van der Waals surface area contributed by atoms with Crippen LogP contribution in [0.2, 0.25) is 0 Å². The molecule has 0 saturated carbocycles. The number of rotatable bonds is 5. The molecule has 0 amide bonds. The van der Waals surface area contributed by atoms with Gasteiger partial charge in [-0.3, -0.25) is 14.6 Å². The van der Waals surface area contributed by atoms with E-state index in [0.29, 0.717) is 12.2 Å². The molecule has 3 N–H and O–H groups in total. The van der Waals surface area contributed by atoms with Gasteiger partial charge in [-0.05, 0) is 6.07 Å². The van der Waals surface area contributed by atoms with Crippen LogP contribution in [-0.4, -0.2) is 65.3 Å². The summed E-state index contributed by atoms with van der Waals surface area (Å²) < 4.78 is 1.66. The van der Waals surface area contributed by atoms with Crippen LogP contribution in [0.25, 0.3) is 0 Å². The van der Waals surface area contributed by atoms with Gasteiger partial charge < -0.3 is 15.4 Å². The molecule has 0 radical (unpaired) electrons. The molecule has 2 rings (SSSR count). The van der Waals surface area contributed by atoms with Crippen LogP contribution in [0, 0.1) is 0 Å². The minimum atomic E-state index is -0.00637. The van der Waals surface area contributed by atoms with Gasteiger partial charge in [0.15, 0.2) is 0 Å². The van der Waals surface area contributed by atoms with Gasteiger partial charge in [-0.1, -0.05) is 0 Å². The lowest BCUT2D eigenvalue weighted by molar-refractivity contribution is 0.110. The number of aromatic nitrogens is 1. The first kappa shape index (κ1) is 14.0. The van der Waals surface area contributed by atoms with E-state index in [1.165, 1.54) is 6.07 Å². The molecular formula is C13H22N4O2. The molecule has 19 heavy (non-hydrogen) atoms. The van der Waals surface area contributed by atoms with Crippen LogP contribution in [0.3, 0.4) is 0 Å². The number of hydrogen-bond donors (Lipinski definition) is 2. The highest BCUT2D eigenvalue weighted by molar-refractivity contribution is 5.33. The number of nitrogen functional groups attached to an aromatic ring is 1. The van der Waals surface area contributed by atoms with Crippen molar-refractivity contribution in [2.75, 3.05) is 51.6 Å². The molecule has 0 atom stereocenters. The summed E-state index contributed by atoms with van der Waals surface area (Å²) in [6, 6.07) is 3.14. The Morgan fingerprint density at radius 2 is 1.68 bits per heavy atom. The summed E-state index contributed by atoms with van der Waals surface area (Å²) in [6.07, 6.45) is 1.70. The zero-order chi connectivity index (χ0) is 13.7. The molecule has 0 aromatic carbocycles. The van der Waals surface area contributed by atoms with E-state index in [9.17, 15) is 4.79 Å². The first-order valence-electron chi connectivity index (χ1n) is 6.70. The van der Waals surface area contributed by atoms with Crippen molar-refractivity contribution in [3.8, 4) is 0 Å². The van der Waals surface area contributed by atoms with Gasteiger partial charge in [-0.15, -0.1) is 0 Å². The number of anilines is 1. The predicted molar refractivity (Wildman–Crippen MR) is 75.1 cm³/mol. The number of aliphatic hydroxyl groups excluding tert-OH is 1. The summed E-state index contributed by atoms with van der Waals surface area (Å²) in [5, 5.41) is 8.89. The van der Waals surface area contributed by atoms with Gasteiger partial charge in [-0.2, -0.15) is 0 Å². The van der Waals surface area contributed by atoms with Gasteiger partial charge in [0, 0.05) is 63.8 Å². The summed E-state index contributed by atoms with van der Waals surface area (Å²) in [5.74, 6) is 0. The van der Waals surface area contributed by atoms with Crippen LogP contribution >= 0.6 is 0 Å². The maximum Gasteiger partial charge on any atom is 0.250 e. The molecule has 6 nitrogen and oxygen atoms in total. The van der Waals surface area contributed by atoms with Crippen LogP contribution in [0.15, 0.2) is 23.1 Å². The molecule has 6 heteroatoms. The van der Waals surface area contributed by atoms with Gasteiger partial charge in [0.2, 0.25) is 0 Å². The Balaban J connectivity index is 1.80. The van der Waals surface area contributed by atoms with E-state index in [2.05, 4.69) is 9.80 Å². The molecule has 106 valence electrons. The minimum Gasteiger partial charge on any atom is -0.398 e. The predicted octanol–water partition coefficient (Wildman–Crippen LogP) is -0.960. The molecule has 1 saturated heterocycles. The topological polar surface area (TPSA) is 74.7 Å². The largest absolute Gasteiger partial charge is 0.398 e. The number of nitrogens with two attached hydrogens (primary N) is 1. The Kier molecular flexibility index (Phi) is 4.95. The van der Waals surface area contributed by atoms with E-state index >= 15 is 0 Å². The van der Waals surface area contributed by atoms with Crippen molar-refractivity contribution >= 4 is 5.69 Å². The number of hydrogen-bond acceptors (Lipinski definition) is 5. The van der Waals surface area contributed by atoms with Crippen molar-refractivity contribution in [1.29, 1.82) is 0 Å². The molecule has 2 heterocycles. The van der Waals surface area contributed by atoms with Gasteiger partial charge in [0.1, 0.15) is 0 Å². The SMILES string of the molecule is Nc1ccc(=O)n(CCN2CCN(CCO)CC2)c1. The van der Waals surface area contributed by atoms with Crippen LogP contribution in [0.5, 0.6) is 0 Å². The second kappa shape index (κ2) is 6.70. The minimum absolute atomic E-state index is 0.00637. The fourth-order valence-corrected chi connectivity index (χ4v) is 2.35. The highest BCUT2D eigenvalue weighted by Crippen LogP contribution is 2.02. The third-order valence-electron chi connectivity index (χ3n) is 3.54. The lowest BCUT2D eigenvalue weighted by Gasteiger charge is -2.34. The summed E-state index contributed by atoms with van der Waals surface area (Å²) in [5.41, 5.74) is 6.30. The van der Waals surface area contributed by atoms with Gasteiger partial charge >= 0.3 is 0 Å². The molecule has 0 aliphatic carbocycles. The van der Waals surface area contributed by atoms with E-state index in [1.54, 1.807) is 16.8 Å². The third kappa shape index (κ3) is 4.05. The monoisotopic (exact) mass is 266 g/mol. The summed E-state index contributed by atoms with van der Waals surface area (Å²) in [4.78, 5) is 16.2. The first-order valence-corrected chi connectivity index (χ1v) is 6.70. The number of pyridine rings is 1. The maximum absolute atomic E-state index is 11.6. The average molecular weight is 266 g/mol.